The van der Waals surface area contributed by atoms with Gasteiger partial charge in [-0.05, 0) is 49.2 Å². The van der Waals surface area contributed by atoms with Gasteiger partial charge in [-0.15, -0.1) is 0 Å². The molecule has 0 aliphatic carbocycles. The zero-order chi connectivity index (χ0) is 28.1. The third-order valence-electron chi connectivity index (χ3n) is 7.02. The molecule has 0 bridgehead atoms. The molecule has 206 valence electrons. The second kappa shape index (κ2) is 12.8. The Morgan fingerprint density at radius 2 is 1.79 bits per heavy atom. The molecule has 2 aromatic rings. The Kier molecular flexibility index (Phi) is 9.43. The van der Waals surface area contributed by atoms with Crippen LogP contribution in [0.25, 0.3) is 6.08 Å². The Hall–Kier alpha value is -3.20. The number of ether oxygens (including phenoxy) is 1. The van der Waals surface area contributed by atoms with Gasteiger partial charge >= 0.3 is 0 Å². The number of hydrogen-bond acceptors (Lipinski definition) is 8. The first-order chi connectivity index (χ1) is 18.8. The van der Waals surface area contributed by atoms with Crippen LogP contribution in [-0.2, 0) is 16.1 Å². The number of hydrogen-bond donors (Lipinski definition) is 0. The van der Waals surface area contributed by atoms with E-state index in [1.807, 2.05) is 0 Å². The average molecular weight is 570 g/mol. The smallest absolute Gasteiger partial charge is 0.270 e. The third-order valence-corrected chi connectivity index (χ3v) is 8.40. The summed E-state index contributed by atoms with van der Waals surface area (Å²) in [4.78, 5) is 33.1. The second-order valence-corrected chi connectivity index (χ2v) is 11.1. The van der Waals surface area contributed by atoms with E-state index in [4.69, 9.17) is 17.0 Å². The largest absolute Gasteiger partial charge is 0.383 e. The van der Waals surface area contributed by atoms with Gasteiger partial charge in [0.2, 0.25) is 0 Å². The van der Waals surface area contributed by atoms with Gasteiger partial charge in [-0.1, -0.05) is 37.3 Å². The Bertz CT molecular complexity index is 1380. The molecule has 3 heterocycles. The van der Waals surface area contributed by atoms with E-state index < -0.39 is 0 Å². The molecule has 2 saturated heterocycles. The number of benzene rings is 1. The van der Waals surface area contributed by atoms with Crippen molar-refractivity contribution in [1.82, 2.24) is 9.47 Å². The third kappa shape index (κ3) is 6.03. The van der Waals surface area contributed by atoms with Gasteiger partial charge in [0.25, 0.3) is 11.5 Å². The van der Waals surface area contributed by atoms with E-state index in [0.717, 1.165) is 18.5 Å². The minimum atomic E-state index is -0.316. The van der Waals surface area contributed by atoms with Crippen molar-refractivity contribution in [2.75, 3.05) is 56.2 Å². The molecule has 2 aliphatic heterocycles. The van der Waals surface area contributed by atoms with Gasteiger partial charge in [0.1, 0.15) is 27.6 Å². The number of thioether (sulfide) groups is 1. The number of unbranched alkanes of at least 4 members (excludes halogenated alkanes) is 1. The number of nitrogens with zero attached hydrogens (tertiary/aromatic N) is 5. The van der Waals surface area contributed by atoms with Crippen molar-refractivity contribution in [3.05, 3.63) is 62.0 Å². The highest BCUT2D eigenvalue weighted by atomic mass is 32.2. The number of nitriles is 1. The standard InChI is InChI=1S/C28H32FN5O3S2/c1-4-5-10-33-25(32-13-11-31(12-14-32)21-8-6-20(29)7-9-21)22(19(2)23(18-30)26(33)35)17-24-27(36)34(15-16-37-3)28(38)39-24/h6-9,17H,4-5,10-16H2,1-3H3/b24-17-. The number of thiocarbonyl (C=S) groups is 1. The molecule has 8 nitrogen and oxygen atoms in total. The quantitative estimate of drug-likeness (QED) is 0.329. The van der Waals surface area contributed by atoms with Gasteiger partial charge in [0, 0.05) is 51.1 Å². The summed E-state index contributed by atoms with van der Waals surface area (Å²) < 4.78 is 20.7. The van der Waals surface area contributed by atoms with Crippen molar-refractivity contribution in [2.45, 2.75) is 33.2 Å². The van der Waals surface area contributed by atoms with Gasteiger partial charge in [-0.2, -0.15) is 5.26 Å². The first-order valence-corrected chi connectivity index (χ1v) is 14.2. The van der Waals surface area contributed by atoms with Crippen molar-refractivity contribution in [1.29, 1.82) is 5.26 Å². The first kappa shape index (κ1) is 28.8. The van der Waals surface area contributed by atoms with Crippen LogP contribution < -0.4 is 15.4 Å². The minimum Gasteiger partial charge on any atom is -0.383 e. The fourth-order valence-electron chi connectivity index (χ4n) is 4.84. The molecule has 0 N–H and O–H groups in total. The van der Waals surface area contributed by atoms with E-state index in [1.165, 1.54) is 28.8 Å². The number of halogens is 1. The van der Waals surface area contributed by atoms with Crippen molar-refractivity contribution in [3.63, 3.8) is 0 Å². The van der Waals surface area contributed by atoms with Crippen LogP contribution >= 0.6 is 24.0 Å². The summed E-state index contributed by atoms with van der Waals surface area (Å²) in [6.45, 7) is 7.58. The van der Waals surface area contributed by atoms with E-state index in [1.54, 1.807) is 36.8 Å². The van der Waals surface area contributed by atoms with E-state index >= 15 is 0 Å². The van der Waals surface area contributed by atoms with E-state index in [2.05, 4.69) is 22.8 Å². The lowest BCUT2D eigenvalue weighted by molar-refractivity contribution is -0.122. The molecule has 0 saturated carbocycles. The topological polar surface area (TPSA) is 81.8 Å². The average Bonchev–Trinajstić information content (AvgIpc) is 3.20. The molecule has 0 unspecified atom stereocenters. The normalized spacial score (nSPS) is 16.9. The number of rotatable bonds is 9. The number of carbonyl (C=O) groups excluding carboxylic acids is 1. The Morgan fingerprint density at radius 1 is 1.13 bits per heavy atom. The highest BCUT2D eigenvalue weighted by Gasteiger charge is 2.33. The zero-order valence-corrected chi connectivity index (χ0v) is 24.0. The fourth-order valence-corrected chi connectivity index (χ4v) is 6.13. The summed E-state index contributed by atoms with van der Waals surface area (Å²) in [7, 11) is 1.57. The van der Waals surface area contributed by atoms with Gasteiger partial charge in [-0.25, -0.2) is 4.39 Å². The molecule has 2 fully saturated rings. The van der Waals surface area contributed by atoms with Gasteiger partial charge in [0.05, 0.1) is 18.1 Å². The number of aromatic nitrogens is 1. The molecule has 39 heavy (non-hydrogen) atoms. The van der Waals surface area contributed by atoms with Crippen LogP contribution in [0.2, 0.25) is 0 Å². The molecule has 2 aliphatic rings. The number of amides is 1. The van der Waals surface area contributed by atoms with Crippen molar-refractivity contribution in [2.24, 2.45) is 0 Å². The molecule has 1 aromatic heterocycles. The summed E-state index contributed by atoms with van der Waals surface area (Å²) in [5, 5.41) is 9.90. The number of carbonyl (C=O) groups is 1. The molecular formula is C28H32FN5O3S2. The summed E-state index contributed by atoms with van der Waals surface area (Å²) in [5.74, 6) is 0.229. The van der Waals surface area contributed by atoms with Crippen LogP contribution in [0.15, 0.2) is 34.0 Å². The van der Waals surface area contributed by atoms with Crippen LogP contribution in [0, 0.1) is 24.1 Å². The van der Waals surface area contributed by atoms with Crippen LogP contribution in [-0.4, -0.2) is 66.1 Å². The maximum absolute atomic E-state index is 13.5. The Balaban J connectivity index is 1.77. The summed E-state index contributed by atoms with van der Waals surface area (Å²) in [6.07, 6.45) is 3.44. The maximum Gasteiger partial charge on any atom is 0.270 e. The lowest BCUT2D eigenvalue weighted by Crippen LogP contribution is -2.48. The molecular weight excluding hydrogens is 537 g/mol. The highest BCUT2D eigenvalue weighted by molar-refractivity contribution is 8.26. The van der Waals surface area contributed by atoms with Crippen molar-refractivity contribution >= 4 is 51.8 Å². The zero-order valence-electron chi connectivity index (χ0n) is 22.4. The summed E-state index contributed by atoms with van der Waals surface area (Å²) >= 11 is 6.68. The predicted octanol–water partition coefficient (Wildman–Crippen LogP) is 4.14. The first-order valence-electron chi connectivity index (χ1n) is 13.0. The van der Waals surface area contributed by atoms with Crippen LogP contribution in [0.3, 0.4) is 0 Å². The van der Waals surface area contributed by atoms with Crippen molar-refractivity contribution < 1.29 is 13.9 Å². The van der Waals surface area contributed by atoms with Gasteiger partial charge in [-0.3, -0.25) is 19.1 Å². The van der Waals surface area contributed by atoms with Crippen LogP contribution in [0.5, 0.6) is 0 Å². The Labute approximate surface area is 237 Å². The number of piperazine rings is 1. The fraction of sp³-hybridized carbons (Fsp3) is 0.429. The van der Waals surface area contributed by atoms with Crippen molar-refractivity contribution in [3.8, 4) is 6.07 Å². The van der Waals surface area contributed by atoms with Gasteiger partial charge in [0.15, 0.2) is 0 Å². The predicted molar refractivity (Wildman–Crippen MR) is 158 cm³/mol. The molecule has 1 aromatic carbocycles. The molecule has 11 heteroatoms. The summed E-state index contributed by atoms with van der Waals surface area (Å²) in [6, 6.07) is 8.55. The lowest BCUT2D eigenvalue weighted by Gasteiger charge is -2.39. The van der Waals surface area contributed by atoms with Crippen LogP contribution in [0.1, 0.15) is 36.5 Å². The van der Waals surface area contributed by atoms with E-state index in [-0.39, 0.29) is 22.8 Å². The summed E-state index contributed by atoms with van der Waals surface area (Å²) in [5.41, 5.74) is 1.94. The van der Waals surface area contributed by atoms with Crippen LogP contribution in [0.4, 0.5) is 15.9 Å². The Morgan fingerprint density at radius 3 is 2.41 bits per heavy atom. The molecule has 0 radical (unpaired) electrons. The number of anilines is 2. The molecule has 0 atom stereocenters. The molecule has 0 spiro atoms. The monoisotopic (exact) mass is 569 g/mol. The van der Waals surface area contributed by atoms with E-state index in [9.17, 15) is 19.2 Å². The van der Waals surface area contributed by atoms with Gasteiger partial charge < -0.3 is 14.5 Å². The molecule has 4 rings (SSSR count). The number of methoxy groups -OCH3 is 1. The minimum absolute atomic E-state index is 0.0842. The highest BCUT2D eigenvalue weighted by Crippen LogP contribution is 2.36. The van der Waals surface area contributed by atoms with E-state index in [0.29, 0.717) is 72.0 Å². The maximum atomic E-state index is 13.5. The molecule has 1 amide bonds. The number of pyridine rings is 1. The second-order valence-electron chi connectivity index (χ2n) is 9.44. The lowest BCUT2D eigenvalue weighted by atomic mass is 10.0. The SMILES string of the molecule is CCCCn1c(N2CCN(c3ccc(F)cc3)CC2)c(/C=C2\SC(=S)N(CCOC)C2=O)c(C)c(C#N)c1=O.